The predicted molar refractivity (Wildman–Crippen MR) is 67.4 cm³/mol. The van der Waals surface area contributed by atoms with Crippen molar-refractivity contribution in [2.24, 2.45) is 5.92 Å². The Hall–Kier alpha value is -0.770. The summed E-state index contributed by atoms with van der Waals surface area (Å²) in [7, 11) is 0. The standard InChI is InChI=1S/C12H17BrN2O/c1-8(2)15(7-9-3-4-9)12(16)11-5-10(13)6-14-11/h5-6,8-9,14H,3-4,7H2,1-2H3. The van der Waals surface area contributed by atoms with Crippen LogP contribution in [0.1, 0.15) is 37.2 Å². The zero-order valence-electron chi connectivity index (χ0n) is 9.66. The molecule has 0 radical (unpaired) electrons. The molecule has 0 atom stereocenters. The predicted octanol–water partition coefficient (Wildman–Crippen LogP) is 3.04. The molecule has 0 aliphatic heterocycles. The molecule has 0 saturated heterocycles. The molecule has 1 N–H and O–H groups in total. The average molecular weight is 285 g/mol. The van der Waals surface area contributed by atoms with Crippen LogP contribution in [0.25, 0.3) is 0 Å². The van der Waals surface area contributed by atoms with Crippen LogP contribution in [0.15, 0.2) is 16.7 Å². The molecule has 1 heterocycles. The summed E-state index contributed by atoms with van der Waals surface area (Å²) in [4.78, 5) is 17.2. The van der Waals surface area contributed by atoms with Crippen molar-refractivity contribution < 1.29 is 4.79 Å². The topological polar surface area (TPSA) is 36.1 Å². The van der Waals surface area contributed by atoms with Crippen molar-refractivity contribution in [3.8, 4) is 0 Å². The SMILES string of the molecule is CC(C)N(CC1CC1)C(=O)c1cc(Br)c[nH]1. The third-order valence-electron chi connectivity index (χ3n) is 2.91. The number of hydrogen-bond donors (Lipinski definition) is 1. The number of carbonyl (C=O) groups excluding carboxylic acids is 1. The van der Waals surface area contributed by atoms with Gasteiger partial charge in [-0.2, -0.15) is 0 Å². The van der Waals surface area contributed by atoms with Crippen LogP contribution in [-0.2, 0) is 0 Å². The zero-order valence-corrected chi connectivity index (χ0v) is 11.3. The first-order valence-corrected chi connectivity index (χ1v) is 6.52. The molecular formula is C12H17BrN2O. The summed E-state index contributed by atoms with van der Waals surface area (Å²) < 4.78 is 0.922. The molecule has 1 fully saturated rings. The number of aromatic nitrogens is 1. The molecule has 1 amide bonds. The van der Waals surface area contributed by atoms with Gasteiger partial charge in [-0.25, -0.2) is 0 Å². The van der Waals surface area contributed by atoms with E-state index in [4.69, 9.17) is 0 Å². The summed E-state index contributed by atoms with van der Waals surface area (Å²) in [6.07, 6.45) is 4.33. The van der Waals surface area contributed by atoms with Crippen molar-refractivity contribution in [3.05, 3.63) is 22.4 Å². The number of H-pyrrole nitrogens is 1. The Morgan fingerprint density at radius 2 is 2.31 bits per heavy atom. The molecule has 1 aliphatic carbocycles. The lowest BCUT2D eigenvalue weighted by molar-refractivity contribution is 0.0691. The maximum absolute atomic E-state index is 12.2. The smallest absolute Gasteiger partial charge is 0.270 e. The number of halogens is 1. The van der Waals surface area contributed by atoms with E-state index in [-0.39, 0.29) is 11.9 Å². The van der Waals surface area contributed by atoms with E-state index < -0.39 is 0 Å². The molecule has 88 valence electrons. The zero-order chi connectivity index (χ0) is 11.7. The molecular weight excluding hydrogens is 268 g/mol. The van der Waals surface area contributed by atoms with Gasteiger partial charge in [0.25, 0.3) is 5.91 Å². The van der Waals surface area contributed by atoms with Crippen molar-refractivity contribution in [2.75, 3.05) is 6.54 Å². The quantitative estimate of drug-likeness (QED) is 0.907. The minimum absolute atomic E-state index is 0.104. The summed E-state index contributed by atoms with van der Waals surface area (Å²) in [6, 6.07) is 2.10. The summed E-state index contributed by atoms with van der Waals surface area (Å²) in [5.41, 5.74) is 0.668. The number of carbonyl (C=O) groups is 1. The average Bonchev–Trinajstić information content (AvgIpc) is 2.95. The van der Waals surface area contributed by atoms with Crippen molar-refractivity contribution in [3.63, 3.8) is 0 Å². The number of nitrogens with one attached hydrogen (secondary N) is 1. The first kappa shape index (κ1) is 11.7. The summed E-state index contributed by atoms with van der Waals surface area (Å²) in [5, 5.41) is 0. The Morgan fingerprint density at radius 1 is 1.62 bits per heavy atom. The van der Waals surface area contributed by atoms with Gasteiger partial charge in [-0.1, -0.05) is 0 Å². The number of aromatic amines is 1. The lowest BCUT2D eigenvalue weighted by Crippen LogP contribution is -2.38. The number of nitrogens with zero attached hydrogens (tertiary/aromatic N) is 1. The van der Waals surface area contributed by atoms with E-state index in [9.17, 15) is 4.79 Å². The van der Waals surface area contributed by atoms with Gasteiger partial charge in [-0.15, -0.1) is 0 Å². The van der Waals surface area contributed by atoms with Gasteiger partial charge < -0.3 is 9.88 Å². The monoisotopic (exact) mass is 284 g/mol. The summed E-state index contributed by atoms with van der Waals surface area (Å²) in [6.45, 7) is 5.03. The number of hydrogen-bond acceptors (Lipinski definition) is 1. The maximum Gasteiger partial charge on any atom is 0.270 e. The molecule has 1 aromatic heterocycles. The van der Waals surface area contributed by atoms with E-state index in [2.05, 4.69) is 34.8 Å². The molecule has 1 aliphatic rings. The Balaban J connectivity index is 2.09. The van der Waals surface area contributed by atoms with Gasteiger partial charge in [-0.05, 0) is 54.6 Å². The van der Waals surface area contributed by atoms with E-state index in [1.54, 1.807) is 6.20 Å². The molecule has 0 bridgehead atoms. The molecule has 4 heteroatoms. The molecule has 1 saturated carbocycles. The minimum Gasteiger partial charge on any atom is -0.356 e. The lowest BCUT2D eigenvalue weighted by atomic mass is 10.2. The van der Waals surface area contributed by atoms with E-state index in [1.807, 2.05) is 11.0 Å². The largest absolute Gasteiger partial charge is 0.356 e. The first-order valence-electron chi connectivity index (χ1n) is 5.73. The Labute approximate surface area is 104 Å². The van der Waals surface area contributed by atoms with Gasteiger partial charge in [0.05, 0.1) is 0 Å². The third kappa shape index (κ3) is 2.67. The highest BCUT2D eigenvalue weighted by Gasteiger charge is 2.29. The number of amides is 1. The second kappa shape index (κ2) is 4.62. The van der Waals surface area contributed by atoms with E-state index >= 15 is 0 Å². The molecule has 1 aromatic rings. The minimum atomic E-state index is 0.104. The van der Waals surface area contributed by atoms with Crippen LogP contribution in [0.3, 0.4) is 0 Å². The molecule has 0 spiro atoms. The summed E-state index contributed by atoms with van der Waals surface area (Å²) >= 11 is 3.35. The van der Waals surface area contributed by atoms with Crippen LogP contribution < -0.4 is 0 Å². The summed E-state index contributed by atoms with van der Waals surface area (Å²) in [5.74, 6) is 0.831. The van der Waals surface area contributed by atoms with Crippen molar-refractivity contribution >= 4 is 21.8 Å². The normalized spacial score (nSPS) is 15.5. The van der Waals surface area contributed by atoms with E-state index in [0.29, 0.717) is 5.69 Å². The lowest BCUT2D eigenvalue weighted by Gasteiger charge is -2.26. The van der Waals surface area contributed by atoms with Gasteiger partial charge in [-0.3, -0.25) is 4.79 Å². The van der Waals surface area contributed by atoms with Gasteiger partial charge in [0.1, 0.15) is 5.69 Å². The first-order chi connectivity index (χ1) is 7.58. The Kier molecular flexibility index (Phi) is 3.38. The highest BCUT2D eigenvalue weighted by molar-refractivity contribution is 9.10. The van der Waals surface area contributed by atoms with Crippen molar-refractivity contribution in [2.45, 2.75) is 32.7 Å². The van der Waals surface area contributed by atoms with Crippen LogP contribution in [0, 0.1) is 5.92 Å². The van der Waals surface area contributed by atoms with Gasteiger partial charge in [0.15, 0.2) is 0 Å². The van der Waals surface area contributed by atoms with Crippen molar-refractivity contribution in [1.29, 1.82) is 0 Å². The van der Waals surface area contributed by atoms with E-state index in [0.717, 1.165) is 16.9 Å². The van der Waals surface area contributed by atoms with Crippen LogP contribution in [0.5, 0.6) is 0 Å². The van der Waals surface area contributed by atoms with E-state index in [1.165, 1.54) is 12.8 Å². The molecule has 0 unspecified atom stereocenters. The van der Waals surface area contributed by atoms with Crippen LogP contribution in [0.4, 0.5) is 0 Å². The fourth-order valence-corrected chi connectivity index (χ4v) is 2.10. The molecule has 0 aromatic carbocycles. The Morgan fingerprint density at radius 3 is 2.75 bits per heavy atom. The van der Waals surface area contributed by atoms with Crippen LogP contribution in [0.2, 0.25) is 0 Å². The number of rotatable bonds is 4. The molecule has 2 rings (SSSR count). The second-order valence-electron chi connectivity index (χ2n) is 4.73. The third-order valence-corrected chi connectivity index (χ3v) is 3.37. The highest BCUT2D eigenvalue weighted by Crippen LogP contribution is 2.30. The fraction of sp³-hybridized carbons (Fsp3) is 0.583. The van der Waals surface area contributed by atoms with Gasteiger partial charge in [0, 0.05) is 23.3 Å². The van der Waals surface area contributed by atoms with Gasteiger partial charge in [0.2, 0.25) is 0 Å². The molecule has 3 nitrogen and oxygen atoms in total. The molecule has 16 heavy (non-hydrogen) atoms. The van der Waals surface area contributed by atoms with Gasteiger partial charge >= 0.3 is 0 Å². The fourth-order valence-electron chi connectivity index (χ4n) is 1.75. The maximum atomic E-state index is 12.2. The van der Waals surface area contributed by atoms with Crippen LogP contribution in [-0.4, -0.2) is 28.4 Å². The van der Waals surface area contributed by atoms with Crippen molar-refractivity contribution in [1.82, 2.24) is 9.88 Å². The van der Waals surface area contributed by atoms with Crippen LogP contribution >= 0.6 is 15.9 Å². The second-order valence-corrected chi connectivity index (χ2v) is 5.64. The Bertz CT molecular complexity index is 382. The highest BCUT2D eigenvalue weighted by atomic mass is 79.9.